The summed E-state index contributed by atoms with van der Waals surface area (Å²) in [6.07, 6.45) is 1.72. The van der Waals surface area contributed by atoms with Crippen LogP contribution >= 0.6 is 0 Å². The lowest BCUT2D eigenvalue weighted by Crippen LogP contribution is -2.65. The Morgan fingerprint density at radius 2 is 2.29 bits per heavy atom. The molecule has 0 spiro atoms. The van der Waals surface area contributed by atoms with E-state index in [9.17, 15) is 0 Å². The molecule has 80 valence electrons. The number of fused-ring (bicyclic) bond motifs is 1. The number of rotatable bonds is 3. The van der Waals surface area contributed by atoms with E-state index in [1.807, 2.05) is 0 Å². The molecule has 3 atom stereocenters. The second-order valence-corrected chi connectivity index (χ2v) is 5.38. The minimum absolute atomic E-state index is 0.302. The Bertz CT molecular complexity index is 247. The lowest BCUT2D eigenvalue weighted by atomic mass is 9.57. The van der Waals surface area contributed by atoms with Crippen molar-refractivity contribution in [2.45, 2.75) is 39.3 Å². The molecule has 1 aliphatic carbocycles. The van der Waals surface area contributed by atoms with Crippen molar-refractivity contribution in [1.82, 2.24) is 5.32 Å². The zero-order valence-corrected chi connectivity index (χ0v) is 9.47. The van der Waals surface area contributed by atoms with Gasteiger partial charge in [-0.1, -0.05) is 26.0 Å². The molecule has 14 heavy (non-hydrogen) atoms. The highest BCUT2D eigenvalue weighted by Crippen LogP contribution is 2.51. The summed E-state index contributed by atoms with van der Waals surface area (Å²) < 4.78 is 5.74. The number of hydrogen-bond donors (Lipinski definition) is 1. The molecular formula is C12H21NO. The van der Waals surface area contributed by atoms with Gasteiger partial charge in [0, 0.05) is 30.5 Å². The molecular weight excluding hydrogens is 174 g/mol. The smallest absolute Gasteiger partial charge is 0.0685 e. The van der Waals surface area contributed by atoms with E-state index in [1.54, 1.807) is 0 Å². The van der Waals surface area contributed by atoms with Crippen molar-refractivity contribution in [2.24, 2.45) is 11.3 Å². The van der Waals surface area contributed by atoms with Gasteiger partial charge in [0.1, 0.15) is 0 Å². The molecule has 1 saturated heterocycles. The Balaban J connectivity index is 1.95. The Morgan fingerprint density at radius 1 is 1.57 bits per heavy atom. The molecule has 0 aromatic rings. The van der Waals surface area contributed by atoms with Gasteiger partial charge in [-0.05, 0) is 13.3 Å². The lowest BCUT2D eigenvalue weighted by Gasteiger charge is -2.55. The van der Waals surface area contributed by atoms with Gasteiger partial charge in [0.25, 0.3) is 0 Å². The first kappa shape index (κ1) is 10.2. The highest BCUT2D eigenvalue weighted by Gasteiger charge is 2.58. The minimum atomic E-state index is 0.302. The average Bonchev–Trinajstić information content (AvgIpc) is 2.49. The molecule has 1 N–H and O–H groups in total. The first-order valence-electron chi connectivity index (χ1n) is 5.53. The largest absolute Gasteiger partial charge is 0.377 e. The van der Waals surface area contributed by atoms with Gasteiger partial charge >= 0.3 is 0 Å². The fourth-order valence-electron chi connectivity index (χ4n) is 3.02. The van der Waals surface area contributed by atoms with Crippen LogP contribution in [0.4, 0.5) is 0 Å². The summed E-state index contributed by atoms with van der Waals surface area (Å²) >= 11 is 0. The van der Waals surface area contributed by atoms with E-state index >= 15 is 0 Å². The molecule has 2 fully saturated rings. The van der Waals surface area contributed by atoms with Crippen molar-refractivity contribution in [3.8, 4) is 0 Å². The molecule has 2 rings (SSSR count). The summed E-state index contributed by atoms with van der Waals surface area (Å²) in [5.41, 5.74) is 1.51. The van der Waals surface area contributed by atoms with Crippen LogP contribution in [0.1, 0.15) is 27.2 Å². The van der Waals surface area contributed by atoms with Gasteiger partial charge in [0.2, 0.25) is 0 Å². The van der Waals surface area contributed by atoms with Gasteiger partial charge in [-0.15, -0.1) is 0 Å². The first-order chi connectivity index (χ1) is 6.53. The summed E-state index contributed by atoms with van der Waals surface area (Å²) in [7, 11) is 0. The van der Waals surface area contributed by atoms with Crippen molar-refractivity contribution < 1.29 is 4.74 Å². The SMILES string of the molecule is C=C(C)CNC1[C@@H]2CCO[C@@H]2C1(C)C. The molecule has 1 heterocycles. The molecule has 0 aromatic carbocycles. The van der Waals surface area contributed by atoms with Gasteiger partial charge in [0.05, 0.1) is 6.10 Å². The van der Waals surface area contributed by atoms with Gasteiger partial charge in [-0.2, -0.15) is 0 Å². The Labute approximate surface area is 86.7 Å². The highest BCUT2D eigenvalue weighted by molar-refractivity contribution is 5.12. The summed E-state index contributed by atoms with van der Waals surface area (Å²) in [5, 5.41) is 3.60. The Kier molecular flexibility index (Phi) is 2.44. The van der Waals surface area contributed by atoms with Gasteiger partial charge < -0.3 is 10.1 Å². The highest BCUT2D eigenvalue weighted by atomic mass is 16.5. The third kappa shape index (κ3) is 1.41. The maximum Gasteiger partial charge on any atom is 0.0685 e. The lowest BCUT2D eigenvalue weighted by molar-refractivity contribution is -0.111. The van der Waals surface area contributed by atoms with Crippen LogP contribution in [0, 0.1) is 11.3 Å². The Morgan fingerprint density at radius 3 is 2.93 bits per heavy atom. The predicted octanol–water partition coefficient (Wildman–Crippen LogP) is 1.97. The van der Waals surface area contributed by atoms with Gasteiger partial charge in [-0.25, -0.2) is 0 Å². The molecule has 0 aromatic heterocycles. The molecule has 1 aliphatic heterocycles. The number of nitrogens with one attached hydrogen (secondary N) is 1. The summed E-state index contributed by atoms with van der Waals surface area (Å²) in [6, 6.07) is 0.617. The first-order valence-corrected chi connectivity index (χ1v) is 5.53. The van der Waals surface area contributed by atoms with Crippen molar-refractivity contribution in [3.63, 3.8) is 0 Å². The average molecular weight is 195 g/mol. The van der Waals surface area contributed by atoms with Crippen molar-refractivity contribution in [2.75, 3.05) is 13.2 Å². The fraction of sp³-hybridized carbons (Fsp3) is 0.833. The maximum atomic E-state index is 5.74. The van der Waals surface area contributed by atoms with Crippen molar-refractivity contribution >= 4 is 0 Å². The fourth-order valence-corrected chi connectivity index (χ4v) is 3.02. The van der Waals surface area contributed by atoms with Crippen molar-refractivity contribution in [3.05, 3.63) is 12.2 Å². The van der Waals surface area contributed by atoms with Gasteiger partial charge in [-0.3, -0.25) is 0 Å². The second kappa shape index (κ2) is 3.35. The van der Waals surface area contributed by atoms with Crippen LogP contribution in [0.5, 0.6) is 0 Å². The second-order valence-electron chi connectivity index (χ2n) is 5.38. The van der Waals surface area contributed by atoms with E-state index in [2.05, 4.69) is 32.7 Å². The number of ether oxygens (including phenoxy) is 1. The van der Waals surface area contributed by atoms with Crippen LogP contribution in [-0.4, -0.2) is 25.3 Å². The van der Waals surface area contributed by atoms with Crippen LogP contribution in [0.15, 0.2) is 12.2 Å². The monoisotopic (exact) mass is 195 g/mol. The van der Waals surface area contributed by atoms with E-state index in [0.717, 1.165) is 19.1 Å². The normalized spacial score (nSPS) is 38.9. The van der Waals surface area contributed by atoms with Crippen molar-refractivity contribution in [1.29, 1.82) is 0 Å². The van der Waals surface area contributed by atoms with E-state index in [1.165, 1.54) is 12.0 Å². The van der Waals surface area contributed by atoms with E-state index < -0.39 is 0 Å². The van der Waals surface area contributed by atoms with Crippen LogP contribution in [0.3, 0.4) is 0 Å². The minimum Gasteiger partial charge on any atom is -0.377 e. The van der Waals surface area contributed by atoms with E-state index in [4.69, 9.17) is 4.74 Å². The van der Waals surface area contributed by atoms with E-state index in [0.29, 0.717) is 17.6 Å². The van der Waals surface area contributed by atoms with Crippen LogP contribution < -0.4 is 5.32 Å². The molecule has 2 nitrogen and oxygen atoms in total. The summed E-state index contributed by atoms with van der Waals surface area (Å²) in [5.74, 6) is 0.740. The standard InChI is InChI=1S/C12H21NO/c1-8(2)7-13-10-9-5-6-14-11(9)12(10,3)4/h9-11,13H,1,5-7H2,2-4H3/t9-,10?,11-/m0/s1. The number of hydrogen-bond acceptors (Lipinski definition) is 2. The molecule has 2 aliphatic rings. The van der Waals surface area contributed by atoms with E-state index in [-0.39, 0.29) is 0 Å². The molecule has 0 radical (unpaired) electrons. The van der Waals surface area contributed by atoms with Crippen LogP contribution in [-0.2, 0) is 4.74 Å². The third-order valence-corrected chi connectivity index (χ3v) is 3.72. The predicted molar refractivity (Wildman–Crippen MR) is 58.2 cm³/mol. The maximum absolute atomic E-state index is 5.74. The summed E-state index contributed by atoms with van der Waals surface area (Å²) in [6.45, 7) is 12.5. The van der Waals surface area contributed by atoms with Gasteiger partial charge in [0.15, 0.2) is 0 Å². The Hall–Kier alpha value is -0.340. The zero-order chi connectivity index (χ0) is 10.3. The topological polar surface area (TPSA) is 21.3 Å². The molecule has 2 heteroatoms. The molecule has 1 unspecified atom stereocenters. The third-order valence-electron chi connectivity index (χ3n) is 3.72. The molecule has 0 bridgehead atoms. The summed E-state index contributed by atoms with van der Waals surface area (Å²) in [4.78, 5) is 0. The quantitative estimate of drug-likeness (QED) is 0.695. The zero-order valence-electron chi connectivity index (χ0n) is 9.47. The molecule has 1 saturated carbocycles. The van der Waals surface area contributed by atoms with Crippen LogP contribution in [0.2, 0.25) is 0 Å². The molecule has 0 amide bonds. The van der Waals surface area contributed by atoms with Crippen LogP contribution in [0.25, 0.3) is 0 Å².